The first-order chi connectivity index (χ1) is 25.8. The highest BCUT2D eigenvalue weighted by Crippen LogP contribution is 2.78. The van der Waals surface area contributed by atoms with Crippen LogP contribution in [0.4, 0.5) is 0 Å². The first-order valence-electron chi connectivity index (χ1n) is 22.3. The number of aliphatic carboxylic acids is 1. The fourth-order valence-electron chi connectivity index (χ4n) is 14.7. The van der Waals surface area contributed by atoms with Crippen LogP contribution < -0.4 is 5.32 Å². The molecule has 1 aliphatic heterocycles. The van der Waals surface area contributed by atoms with Gasteiger partial charge in [0, 0.05) is 31.0 Å². The largest absolute Gasteiger partial charge is 0.481 e. The highest BCUT2D eigenvalue weighted by atomic mass is 16.5. The van der Waals surface area contributed by atoms with Gasteiger partial charge < -0.3 is 24.8 Å². The number of nitrogens with one attached hydrogen (secondary N) is 1. The molecule has 5 saturated carbocycles. The molecule has 0 aromatic carbocycles. The molecule has 56 heavy (non-hydrogen) atoms. The third-order valence-electron chi connectivity index (χ3n) is 17.8. The van der Waals surface area contributed by atoms with Crippen LogP contribution in [0.5, 0.6) is 0 Å². The second-order valence-electron chi connectivity index (χ2n) is 22.9. The summed E-state index contributed by atoms with van der Waals surface area (Å²) in [5, 5.41) is 13.2. The van der Waals surface area contributed by atoms with Gasteiger partial charge in [0.05, 0.1) is 11.8 Å². The van der Waals surface area contributed by atoms with Gasteiger partial charge in [-0.25, -0.2) is 0 Å². The van der Waals surface area contributed by atoms with E-state index in [-0.39, 0.29) is 57.1 Å². The van der Waals surface area contributed by atoms with E-state index in [0.717, 1.165) is 70.3 Å². The number of hydrogen-bond donors (Lipinski definition) is 2. The van der Waals surface area contributed by atoms with Gasteiger partial charge >= 0.3 is 11.9 Å². The van der Waals surface area contributed by atoms with Gasteiger partial charge in [0.15, 0.2) is 5.88 Å². The maximum absolute atomic E-state index is 14.1. The fraction of sp³-hybridized carbons (Fsp3) is 0.854. The Hall–Kier alpha value is -2.51. The van der Waals surface area contributed by atoms with Crippen LogP contribution in [0.3, 0.4) is 0 Å². The lowest BCUT2D eigenvalue weighted by atomic mass is 9.32. The zero-order valence-corrected chi connectivity index (χ0v) is 37.2. The Morgan fingerprint density at radius 1 is 0.804 bits per heavy atom. The highest BCUT2D eigenvalue weighted by Gasteiger charge is 2.71. The first-order valence-corrected chi connectivity index (χ1v) is 22.3. The Balaban J connectivity index is 1.17. The second kappa shape index (κ2) is 14.6. The van der Waals surface area contributed by atoms with Crippen LogP contribution in [-0.4, -0.2) is 58.7 Å². The van der Waals surface area contributed by atoms with E-state index in [1.807, 2.05) is 0 Å². The molecular formula is C48H78N2O6. The number of ether oxygens (including phenoxy) is 2. The molecule has 316 valence electrons. The fourth-order valence-corrected chi connectivity index (χ4v) is 14.7. The van der Waals surface area contributed by atoms with E-state index >= 15 is 0 Å². The molecule has 6 aliphatic rings. The number of piperidine rings is 1. The summed E-state index contributed by atoms with van der Waals surface area (Å²) in [4.78, 5) is 41.3. The van der Waals surface area contributed by atoms with Gasteiger partial charge in [0.25, 0.3) is 0 Å². The summed E-state index contributed by atoms with van der Waals surface area (Å²) in [6, 6.07) is 0.188. The Morgan fingerprint density at radius 3 is 2.07 bits per heavy atom. The average Bonchev–Trinajstić information content (AvgIpc) is 3.45. The quantitative estimate of drug-likeness (QED) is 0.129. The molecule has 6 rings (SSSR count). The number of rotatable bonds is 10. The number of carboxylic acids is 1. The minimum Gasteiger partial charge on any atom is -0.481 e. The molecule has 5 aliphatic carbocycles. The molecule has 0 spiro atoms. The average molecular weight is 779 g/mol. The normalized spacial score (nSPS) is 39.6. The summed E-state index contributed by atoms with van der Waals surface area (Å²) in [5.41, 5.74) is 0.185. The maximum atomic E-state index is 14.1. The van der Waals surface area contributed by atoms with Crippen molar-refractivity contribution >= 4 is 17.8 Å². The summed E-state index contributed by atoms with van der Waals surface area (Å²) in [6.45, 7) is 34.5. The SMILES string of the molecule is C=C(C)[C@@H]1CC[C@]2(CC(=O)NC3CCN(C(=C)OC(C)(C)C)CC3)CC[C@]3(C)[C@H](CC[C@@H]4[C@@]5(C)CC[C@H](OC(=O)CC(C)(C)C(=O)O)C(C)(C)[C@@H]5CC[C@]43C)[C@@H]12. The van der Waals surface area contributed by atoms with Crippen molar-refractivity contribution in [2.45, 2.75) is 184 Å². The van der Waals surface area contributed by atoms with Crippen molar-refractivity contribution < 1.29 is 29.0 Å². The number of carbonyl (C=O) groups excluding carboxylic acids is 2. The summed E-state index contributed by atoms with van der Waals surface area (Å²) in [5.74, 6) is 2.11. The van der Waals surface area contributed by atoms with Crippen LogP contribution in [0.1, 0.15) is 166 Å². The molecule has 2 N–H and O–H groups in total. The molecule has 0 radical (unpaired) electrons. The number of carboxylic acid groups (broad SMARTS) is 1. The van der Waals surface area contributed by atoms with Crippen molar-refractivity contribution in [3.63, 3.8) is 0 Å². The van der Waals surface area contributed by atoms with E-state index in [4.69, 9.17) is 9.47 Å². The van der Waals surface area contributed by atoms with Gasteiger partial charge in [0.1, 0.15) is 11.7 Å². The lowest BCUT2D eigenvalue weighted by molar-refractivity contribution is -0.250. The number of amides is 1. The molecule has 10 atom stereocenters. The number of esters is 1. The van der Waals surface area contributed by atoms with E-state index in [9.17, 15) is 19.5 Å². The predicted octanol–water partition coefficient (Wildman–Crippen LogP) is 10.3. The molecular weight excluding hydrogens is 701 g/mol. The molecule has 1 heterocycles. The molecule has 8 nitrogen and oxygen atoms in total. The zero-order chi connectivity index (χ0) is 41.4. The van der Waals surface area contributed by atoms with Gasteiger partial charge in [0.2, 0.25) is 5.91 Å². The topological polar surface area (TPSA) is 105 Å². The van der Waals surface area contributed by atoms with Crippen LogP contribution in [0.15, 0.2) is 24.6 Å². The van der Waals surface area contributed by atoms with Crippen molar-refractivity contribution in [3.8, 4) is 0 Å². The Kier molecular flexibility index (Phi) is 11.3. The van der Waals surface area contributed by atoms with E-state index < -0.39 is 17.4 Å². The van der Waals surface area contributed by atoms with Crippen LogP contribution in [0, 0.1) is 62.1 Å². The highest BCUT2D eigenvalue weighted by molar-refractivity contribution is 5.81. The van der Waals surface area contributed by atoms with Crippen LogP contribution in [0.25, 0.3) is 0 Å². The van der Waals surface area contributed by atoms with E-state index in [1.54, 1.807) is 13.8 Å². The number of carbonyl (C=O) groups is 3. The second-order valence-corrected chi connectivity index (χ2v) is 22.9. The predicted molar refractivity (Wildman–Crippen MR) is 222 cm³/mol. The summed E-state index contributed by atoms with van der Waals surface area (Å²) >= 11 is 0. The van der Waals surface area contributed by atoms with Gasteiger partial charge in [-0.15, -0.1) is 0 Å². The van der Waals surface area contributed by atoms with E-state index in [0.29, 0.717) is 36.0 Å². The molecule has 6 fully saturated rings. The van der Waals surface area contributed by atoms with Gasteiger partial charge in [-0.3, -0.25) is 14.4 Å². The molecule has 0 aromatic rings. The van der Waals surface area contributed by atoms with Gasteiger partial charge in [-0.2, -0.15) is 0 Å². The zero-order valence-electron chi connectivity index (χ0n) is 37.2. The summed E-state index contributed by atoms with van der Waals surface area (Å²) in [7, 11) is 0. The third kappa shape index (κ3) is 7.37. The Bertz CT molecular complexity index is 1570. The summed E-state index contributed by atoms with van der Waals surface area (Å²) < 4.78 is 12.2. The van der Waals surface area contributed by atoms with E-state index in [2.05, 4.69) is 85.7 Å². The number of nitrogens with zero attached hydrogens (tertiary/aromatic N) is 1. The summed E-state index contributed by atoms with van der Waals surface area (Å²) in [6.07, 6.45) is 13.2. The lowest BCUT2D eigenvalue weighted by Gasteiger charge is -2.73. The van der Waals surface area contributed by atoms with Crippen molar-refractivity contribution in [2.75, 3.05) is 13.1 Å². The van der Waals surface area contributed by atoms with Crippen LogP contribution in [-0.2, 0) is 23.9 Å². The van der Waals surface area contributed by atoms with Gasteiger partial charge in [-0.05, 0) is 176 Å². The van der Waals surface area contributed by atoms with E-state index in [1.165, 1.54) is 31.3 Å². The smallest absolute Gasteiger partial charge is 0.309 e. The molecule has 1 amide bonds. The lowest BCUT2D eigenvalue weighted by Crippen LogP contribution is -2.67. The molecule has 8 heteroatoms. The monoisotopic (exact) mass is 779 g/mol. The van der Waals surface area contributed by atoms with Crippen LogP contribution >= 0.6 is 0 Å². The van der Waals surface area contributed by atoms with Gasteiger partial charge in [-0.1, -0.05) is 46.8 Å². The van der Waals surface area contributed by atoms with Crippen molar-refractivity contribution in [1.29, 1.82) is 0 Å². The van der Waals surface area contributed by atoms with Crippen molar-refractivity contribution in [1.82, 2.24) is 10.2 Å². The first kappa shape index (κ1) is 43.1. The molecule has 0 bridgehead atoms. The standard InChI is InChI=1S/C48H78N2O6/c1-30(2)33-16-23-48(28-38(51)49-32-19-26-50(27-20-32)31(3)56-42(4,5)6)25-24-46(12)34(40(33)48)14-15-36-45(11)21-18-37(55-39(52)29-43(7,8)41(53)54)44(9,10)35(45)17-22-47(36,46)13/h32-37,40H,1,3,14-29H2,2,4-13H3,(H,49,51)(H,53,54)/t33-,34+,35-,36+,37-,40+,45-,46+,47+,48+/m0/s1. The minimum absolute atomic E-state index is 0.0246. The number of likely N-dealkylation sites (tertiary alicyclic amines) is 1. The Labute approximate surface area is 339 Å². The van der Waals surface area contributed by atoms with Crippen LogP contribution in [0.2, 0.25) is 0 Å². The van der Waals surface area contributed by atoms with Crippen molar-refractivity contribution in [2.24, 2.45) is 62.1 Å². The van der Waals surface area contributed by atoms with Crippen molar-refractivity contribution in [3.05, 3.63) is 24.6 Å². The minimum atomic E-state index is -1.15. The molecule has 1 saturated heterocycles. The number of hydrogen-bond acceptors (Lipinski definition) is 6. The maximum Gasteiger partial charge on any atom is 0.309 e. The Morgan fingerprint density at radius 2 is 1.46 bits per heavy atom. The number of fused-ring (bicyclic) bond motifs is 7. The number of allylic oxidation sites excluding steroid dienone is 1. The molecule has 0 aromatic heterocycles. The third-order valence-corrected chi connectivity index (χ3v) is 17.8. The molecule has 0 unspecified atom stereocenters.